The van der Waals surface area contributed by atoms with E-state index in [2.05, 4.69) is 17.2 Å². The molecule has 0 radical (unpaired) electrons. The Labute approximate surface area is 149 Å². The lowest BCUT2D eigenvalue weighted by molar-refractivity contribution is -0.139. The predicted octanol–water partition coefficient (Wildman–Crippen LogP) is 2.41. The summed E-state index contributed by atoms with van der Waals surface area (Å²) in [5.41, 5.74) is 1.10. The number of urea groups is 1. The van der Waals surface area contributed by atoms with Gasteiger partial charge in [0.1, 0.15) is 0 Å². The molecule has 25 heavy (non-hydrogen) atoms. The smallest absolute Gasteiger partial charge is 0.317 e. The third-order valence-corrected chi connectivity index (χ3v) is 5.32. The van der Waals surface area contributed by atoms with Gasteiger partial charge in [0.15, 0.2) is 0 Å². The van der Waals surface area contributed by atoms with Gasteiger partial charge >= 0.3 is 6.03 Å². The lowest BCUT2D eigenvalue weighted by Crippen LogP contribution is -2.56. The minimum absolute atomic E-state index is 0.0386. The van der Waals surface area contributed by atoms with Crippen LogP contribution in [0.1, 0.15) is 44.6 Å². The molecule has 1 spiro atoms. The normalized spacial score (nSPS) is 23.8. The van der Waals surface area contributed by atoms with Gasteiger partial charge in [0.25, 0.3) is 0 Å². The topological polar surface area (TPSA) is 65.5 Å². The highest BCUT2D eigenvalue weighted by Gasteiger charge is 2.42. The molecular formula is C19H28N4O2. The highest BCUT2D eigenvalue weighted by Crippen LogP contribution is 2.39. The maximum absolute atomic E-state index is 12.4. The van der Waals surface area contributed by atoms with E-state index in [9.17, 15) is 9.59 Å². The molecule has 6 nitrogen and oxygen atoms in total. The first-order chi connectivity index (χ1) is 12.1. The highest BCUT2D eigenvalue weighted by molar-refractivity contribution is 5.77. The van der Waals surface area contributed by atoms with Crippen LogP contribution in [-0.2, 0) is 11.3 Å². The maximum atomic E-state index is 12.4. The Morgan fingerprint density at radius 3 is 3.00 bits per heavy atom. The van der Waals surface area contributed by atoms with Crippen LogP contribution >= 0.6 is 0 Å². The van der Waals surface area contributed by atoms with Crippen molar-refractivity contribution in [2.24, 2.45) is 5.41 Å². The van der Waals surface area contributed by atoms with Crippen molar-refractivity contribution in [1.82, 2.24) is 20.1 Å². The third-order valence-electron chi connectivity index (χ3n) is 5.32. The summed E-state index contributed by atoms with van der Waals surface area (Å²) >= 11 is 0. The molecule has 2 aliphatic rings. The zero-order chi connectivity index (χ0) is 17.7. The van der Waals surface area contributed by atoms with Crippen LogP contribution in [-0.4, -0.2) is 52.9 Å². The summed E-state index contributed by atoms with van der Waals surface area (Å²) < 4.78 is 0. The van der Waals surface area contributed by atoms with Gasteiger partial charge in [-0.1, -0.05) is 13.0 Å². The van der Waals surface area contributed by atoms with Crippen LogP contribution in [0, 0.1) is 5.41 Å². The van der Waals surface area contributed by atoms with Crippen LogP contribution in [0.5, 0.6) is 0 Å². The van der Waals surface area contributed by atoms with Gasteiger partial charge in [-0.2, -0.15) is 0 Å². The van der Waals surface area contributed by atoms with Crippen LogP contribution in [0.15, 0.2) is 24.5 Å². The van der Waals surface area contributed by atoms with E-state index >= 15 is 0 Å². The molecule has 3 heterocycles. The molecule has 1 N–H and O–H groups in total. The number of carbonyl (C=O) groups excluding carboxylic acids is 2. The fraction of sp³-hybridized carbons (Fsp3) is 0.632. The van der Waals surface area contributed by atoms with E-state index in [4.69, 9.17) is 0 Å². The van der Waals surface area contributed by atoms with Crippen molar-refractivity contribution in [3.63, 3.8) is 0 Å². The largest absolute Gasteiger partial charge is 0.338 e. The quantitative estimate of drug-likeness (QED) is 0.912. The molecule has 1 aromatic rings. The van der Waals surface area contributed by atoms with Gasteiger partial charge in [0, 0.05) is 57.0 Å². The lowest BCUT2D eigenvalue weighted by atomic mass is 9.73. The minimum atomic E-state index is 0.0386. The van der Waals surface area contributed by atoms with E-state index in [1.807, 2.05) is 28.1 Å². The summed E-state index contributed by atoms with van der Waals surface area (Å²) in [6, 6.07) is 3.95. The molecule has 2 fully saturated rings. The van der Waals surface area contributed by atoms with Crippen molar-refractivity contribution >= 4 is 11.9 Å². The number of hydrogen-bond acceptors (Lipinski definition) is 3. The van der Waals surface area contributed by atoms with E-state index in [1.54, 1.807) is 6.20 Å². The lowest BCUT2D eigenvalue weighted by Gasteiger charge is -2.48. The number of hydrogen-bond donors (Lipinski definition) is 1. The Balaban J connectivity index is 1.66. The Morgan fingerprint density at radius 1 is 1.36 bits per heavy atom. The summed E-state index contributed by atoms with van der Waals surface area (Å²) in [6.07, 6.45) is 8.06. The standard InChI is InChI=1S/C19H28N4O2/c1-2-9-21-18(25)22-11-4-7-19(14-22)8-6-17(24)23(15-19)13-16-5-3-10-20-12-16/h3,5,10,12H,2,4,6-9,11,13-15H2,1H3,(H,21,25)/t19-/m1/s1. The fourth-order valence-electron chi connectivity index (χ4n) is 4.02. The number of amides is 3. The summed E-state index contributed by atoms with van der Waals surface area (Å²) in [4.78, 5) is 32.8. The third kappa shape index (κ3) is 4.30. The van der Waals surface area contributed by atoms with Crippen LogP contribution in [0.4, 0.5) is 4.79 Å². The second-order valence-corrected chi connectivity index (χ2v) is 7.37. The number of pyridine rings is 1. The van der Waals surface area contributed by atoms with Crippen LogP contribution in [0.25, 0.3) is 0 Å². The first kappa shape index (κ1) is 17.7. The molecule has 0 saturated carbocycles. The van der Waals surface area contributed by atoms with Crippen LogP contribution in [0.2, 0.25) is 0 Å². The van der Waals surface area contributed by atoms with Crippen molar-refractivity contribution in [2.75, 3.05) is 26.2 Å². The van der Waals surface area contributed by atoms with E-state index in [-0.39, 0.29) is 17.4 Å². The Morgan fingerprint density at radius 2 is 2.24 bits per heavy atom. The first-order valence-electron chi connectivity index (χ1n) is 9.31. The number of carbonyl (C=O) groups is 2. The molecule has 1 aromatic heterocycles. The van der Waals surface area contributed by atoms with Crippen LogP contribution in [0.3, 0.4) is 0 Å². The van der Waals surface area contributed by atoms with Gasteiger partial charge < -0.3 is 15.1 Å². The number of rotatable bonds is 4. The summed E-state index contributed by atoms with van der Waals surface area (Å²) in [5, 5.41) is 2.98. The number of nitrogens with one attached hydrogen (secondary N) is 1. The van der Waals surface area contributed by atoms with E-state index in [0.29, 0.717) is 19.5 Å². The van der Waals surface area contributed by atoms with E-state index < -0.39 is 0 Å². The van der Waals surface area contributed by atoms with Crippen molar-refractivity contribution in [2.45, 2.75) is 45.6 Å². The second-order valence-electron chi connectivity index (χ2n) is 7.37. The molecule has 136 valence electrons. The van der Waals surface area contributed by atoms with Crippen molar-refractivity contribution in [3.8, 4) is 0 Å². The molecule has 3 amide bonds. The van der Waals surface area contributed by atoms with E-state index in [1.165, 1.54) is 0 Å². The van der Waals surface area contributed by atoms with Crippen molar-refractivity contribution in [3.05, 3.63) is 30.1 Å². The molecular weight excluding hydrogens is 316 g/mol. The minimum Gasteiger partial charge on any atom is -0.338 e. The van der Waals surface area contributed by atoms with Gasteiger partial charge in [0.05, 0.1) is 0 Å². The number of nitrogens with zero attached hydrogens (tertiary/aromatic N) is 3. The predicted molar refractivity (Wildman–Crippen MR) is 95.8 cm³/mol. The SMILES string of the molecule is CCCNC(=O)N1CCC[C@@]2(CCC(=O)N(Cc3cccnc3)C2)C1. The highest BCUT2D eigenvalue weighted by atomic mass is 16.2. The molecule has 2 saturated heterocycles. The molecule has 0 aromatic carbocycles. The molecule has 6 heteroatoms. The molecule has 0 bridgehead atoms. The molecule has 2 aliphatic heterocycles. The zero-order valence-electron chi connectivity index (χ0n) is 15.0. The Bertz CT molecular complexity index is 607. The van der Waals surface area contributed by atoms with Crippen molar-refractivity contribution in [1.29, 1.82) is 0 Å². The molecule has 3 rings (SSSR count). The van der Waals surface area contributed by atoms with Crippen molar-refractivity contribution < 1.29 is 9.59 Å². The molecule has 1 atom stereocenters. The van der Waals surface area contributed by atoms with Gasteiger partial charge in [0.2, 0.25) is 5.91 Å². The first-order valence-corrected chi connectivity index (χ1v) is 9.31. The average molecular weight is 344 g/mol. The summed E-state index contributed by atoms with van der Waals surface area (Å²) in [6.45, 7) is 5.68. The monoisotopic (exact) mass is 344 g/mol. The maximum Gasteiger partial charge on any atom is 0.317 e. The summed E-state index contributed by atoms with van der Waals surface area (Å²) in [7, 11) is 0. The number of likely N-dealkylation sites (tertiary alicyclic amines) is 2. The average Bonchev–Trinajstić information content (AvgIpc) is 2.64. The molecule has 0 unspecified atom stereocenters. The number of aromatic nitrogens is 1. The van der Waals surface area contributed by atoms with Gasteiger partial charge in [-0.05, 0) is 37.3 Å². The molecule has 0 aliphatic carbocycles. The summed E-state index contributed by atoms with van der Waals surface area (Å²) in [5.74, 6) is 0.210. The van der Waals surface area contributed by atoms with Gasteiger partial charge in [-0.3, -0.25) is 9.78 Å². The van der Waals surface area contributed by atoms with E-state index in [0.717, 1.165) is 50.9 Å². The Kier molecular flexibility index (Phi) is 5.56. The number of piperidine rings is 2. The Hall–Kier alpha value is -2.11. The second kappa shape index (κ2) is 7.85. The van der Waals surface area contributed by atoms with Crippen LogP contribution < -0.4 is 5.32 Å². The fourth-order valence-corrected chi connectivity index (χ4v) is 4.02. The van der Waals surface area contributed by atoms with Gasteiger partial charge in [-0.25, -0.2) is 4.79 Å². The van der Waals surface area contributed by atoms with Gasteiger partial charge in [-0.15, -0.1) is 0 Å². The zero-order valence-corrected chi connectivity index (χ0v) is 15.0.